The molecule has 1 fully saturated rings. The summed E-state index contributed by atoms with van der Waals surface area (Å²) in [5.41, 5.74) is 7.57. The van der Waals surface area contributed by atoms with Gasteiger partial charge < -0.3 is 10.1 Å². The normalized spacial score (nSPS) is 22.5. The molecule has 0 bridgehead atoms. The molecule has 1 saturated heterocycles. The smallest absolute Gasteiger partial charge is 0.324 e. The first-order chi connectivity index (χ1) is 17.2. The number of allylic oxidation sites excluding steroid dienone is 3. The molecule has 3 aliphatic rings. The third-order valence-electron chi connectivity index (χ3n) is 6.99. The molecular weight excluding hydrogens is 476 g/mol. The van der Waals surface area contributed by atoms with Crippen molar-refractivity contribution in [2.24, 2.45) is 5.92 Å². The van der Waals surface area contributed by atoms with Crippen molar-refractivity contribution >= 4 is 27.5 Å². The van der Waals surface area contributed by atoms with Gasteiger partial charge in [0, 0.05) is 12.6 Å². The van der Waals surface area contributed by atoms with E-state index in [9.17, 15) is 18.0 Å². The van der Waals surface area contributed by atoms with Crippen LogP contribution in [0.2, 0.25) is 0 Å². The van der Waals surface area contributed by atoms with Crippen molar-refractivity contribution in [2.75, 3.05) is 25.2 Å². The van der Waals surface area contributed by atoms with Crippen LogP contribution in [0.1, 0.15) is 50.2 Å². The molecule has 2 atom stereocenters. The molecule has 1 aliphatic heterocycles. The molecule has 4 rings (SSSR count). The van der Waals surface area contributed by atoms with Crippen LogP contribution in [0.25, 0.3) is 5.76 Å². The molecule has 36 heavy (non-hydrogen) atoms. The van der Waals surface area contributed by atoms with Crippen molar-refractivity contribution in [3.05, 3.63) is 70.5 Å². The largest absolute Gasteiger partial charge is 0.493 e. The third kappa shape index (κ3) is 6.56. The zero-order valence-corrected chi connectivity index (χ0v) is 21.8. The zero-order valence-electron chi connectivity index (χ0n) is 21.0. The van der Waals surface area contributed by atoms with Gasteiger partial charge in [-0.2, -0.15) is 0 Å². The lowest BCUT2D eigenvalue weighted by Crippen LogP contribution is -2.31. The minimum atomic E-state index is -3.38. The summed E-state index contributed by atoms with van der Waals surface area (Å²) in [6.45, 7) is 2.60. The molecule has 7 nitrogen and oxygen atoms in total. The Balaban J connectivity index is 1.29. The monoisotopic (exact) mass is 510 g/mol. The van der Waals surface area contributed by atoms with Crippen LogP contribution >= 0.6 is 0 Å². The number of sulfone groups is 1. The molecule has 3 amide bonds. The second-order valence-electron chi connectivity index (χ2n) is 9.84. The van der Waals surface area contributed by atoms with Crippen molar-refractivity contribution in [1.82, 2.24) is 10.2 Å². The summed E-state index contributed by atoms with van der Waals surface area (Å²) in [5.74, 6) is 0.691. The number of amides is 3. The van der Waals surface area contributed by atoms with Gasteiger partial charge in [-0.1, -0.05) is 35.9 Å². The molecule has 2 unspecified atom stereocenters. The topological polar surface area (TPSA) is 92.8 Å². The quantitative estimate of drug-likeness (QED) is 0.322. The van der Waals surface area contributed by atoms with Gasteiger partial charge in [0.25, 0.3) is 5.91 Å². The Labute approximate surface area is 213 Å². The minimum absolute atomic E-state index is 0.000125. The van der Waals surface area contributed by atoms with Gasteiger partial charge in [-0.3, -0.25) is 9.69 Å². The van der Waals surface area contributed by atoms with Gasteiger partial charge in [-0.15, -0.1) is 5.73 Å². The number of carbonyl (C=O) groups excluding carboxylic acids is 2. The molecule has 192 valence electrons. The van der Waals surface area contributed by atoms with Gasteiger partial charge in [0.1, 0.15) is 11.8 Å². The third-order valence-corrected chi connectivity index (χ3v) is 8.66. The van der Waals surface area contributed by atoms with Crippen molar-refractivity contribution < 1.29 is 22.7 Å². The van der Waals surface area contributed by atoms with E-state index < -0.39 is 21.9 Å². The average Bonchev–Trinajstić information content (AvgIpc) is 2.98. The van der Waals surface area contributed by atoms with Crippen molar-refractivity contribution in [3.8, 4) is 0 Å². The molecule has 1 aromatic carbocycles. The summed E-state index contributed by atoms with van der Waals surface area (Å²) in [5, 5.41) is 2.54. The van der Waals surface area contributed by atoms with Crippen LogP contribution in [0, 0.1) is 5.92 Å². The molecule has 0 radical (unpaired) electrons. The SMILES string of the molecule is CC1=C=CCc2ccccc2C(OCC2CCC=C(CS(=O)(=O)CCC3NC(=O)N(C)C3=O)CC2)=C1. The fourth-order valence-corrected chi connectivity index (χ4v) is 6.42. The first kappa shape index (κ1) is 26.0. The number of fused-ring (bicyclic) bond motifs is 1. The minimum Gasteiger partial charge on any atom is -0.493 e. The second kappa shape index (κ2) is 11.3. The first-order valence-electron chi connectivity index (χ1n) is 12.5. The van der Waals surface area contributed by atoms with E-state index in [-0.39, 0.29) is 23.8 Å². The zero-order chi connectivity index (χ0) is 25.7. The molecule has 0 aromatic heterocycles. The standard InChI is InChI=1S/C28H34N2O5S/c1-20-7-5-11-23-10-3-4-12-24(23)26(17-20)35-18-21-8-6-9-22(14-13-21)19-36(33,34)16-15-25-27(31)30(2)28(32)29-25/h3-5,9-10,12,17,21,25H,6,8,11,13-16,18-19H2,1-2H3,(H,29,32). The van der Waals surface area contributed by atoms with Crippen molar-refractivity contribution in [3.63, 3.8) is 0 Å². The van der Waals surface area contributed by atoms with E-state index in [1.807, 2.05) is 31.2 Å². The lowest BCUT2D eigenvalue weighted by atomic mass is 9.98. The van der Waals surface area contributed by atoms with Crippen molar-refractivity contribution in [1.29, 1.82) is 0 Å². The number of nitrogens with one attached hydrogen (secondary N) is 1. The maximum absolute atomic E-state index is 12.7. The number of carbonyl (C=O) groups is 2. The maximum Gasteiger partial charge on any atom is 0.324 e. The van der Waals surface area contributed by atoms with Gasteiger partial charge in [-0.25, -0.2) is 13.2 Å². The number of hydrogen-bond acceptors (Lipinski definition) is 5. The number of ether oxygens (including phenoxy) is 1. The highest BCUT2D eigenvalue weighted by Gasteiger charge is 2.35. The van der Waals surface area contributed by atoms with Gasteiger partial charge in [0.2, 0.25) is 0 Å². The number of hydrogen-bond donors (Lipinski definition) is 1. The molecule has 8 heteroatoms. The van der Waals surface area contributed by atoms with E-state index in [0.29, 0.717) is 18.9 Å². The average molecular weight is 511 g/mol. The molecule has 2 aliphatic carbocycles. The Bertz CT molecular complexity index is 1250. The Morgan fingerprint density at radius 3 is 2.78 bits per heavy atom. The Hall–Kier alpha value is -3.09. The van der Waals surface area contributed by atoms with E-state index >= 15 is 0 Å². The van der Waals surface area contributed by atoms with Crippen LogP contribution in [-0.4, -0.2) is 56.5 Å². The van der Waals surface area contributed by atoms with Crippen LogP contribution in [0.5, 0.6) is 0 Å². The molecule has 1 N–H and O–H groups in total. The Morgan fingerprint density at radius 2 is 2.00 bits per heavy atom. The second-order valence-corrected chi connectivity index (χ2v) is 12.0. The summed E-state index contributed by atoms with van der Waals surface area (Å²) in [6.07, 6.45) is 10.4. The number of urea groups is 1. The highest BCUT2D eigenvalue weighted by Crippen LogP contribution is 2.29. The van der Waals surface area contributed by atoms with E-state index in [1.165, 1.54) is 12.6 Å². The number of imide groups is 1. The highest BCUT2D eigenvalue weighted by molar-refractivity contribution is 7.91. The summed E-state index contributed by atoms with van der Waals surface area (Å²) in [4.78, 5) is 24.6. The molecule has 0 saturated carbocycles. The molecule has 1 aromatic rings. The molecular formula is C28H34N2O5S. The van der Waals surface area contributed by atoms with Gasteiger partial charge in [-0.05, 0) is 74.7 Å². The fourth-order valence-electron chi connectivity index (χ4n) is 4.85. The highest BCUT2D eigenvalue weighted by atomic mass is 32.2. The fraction of sp³-hybridized carbons (Fsp3) is 0.464. The van der Waals surface area contributed by atoms with Crippen LogP contribution in [0.15, 0.2) is 59.4 Å². The van der Waals surface area contributed by atoms with Crippen molar-refractivity contribution in [2.45, 2.75) is 51.5 Å². The van der Waals surface area contributed by atoms with E-state index in [0.717, 1.165) is 53.1 Å². The number of rotatable bonds is 8. The maximum atomic E-state index is 12.7. The van der Waals surface area contributed by atoms with Gasteiger partial charge >= 0.3 is 6.03 Å². The van der Waals surface area contributed by atoms with Crippen LogP contribution in [0.3, 0.4) is 0 Å². The van der Waals surface area contributed by atoms with Crippen LogP contribution in [0.4, 0.5) is 4.79 Å². The Morgan fingerprint density at radius 1 is 1.19 bits per heavy atom. The van der Waals surface area contributed by atoms with E-state index in [4.69, 9.17) is 4.74 Å². The molecule has 1 heterocycles. The van der Waals surface area contributed by atoms with Gasteiger partial charge in [0.15, 0.2) is 9.84 Å². The summed E-state index contributed by atoms with van der Waals surface area (Å²) in [6, 6.07) is 7.02. The summed E-state index contributed by atoms with van der Waals surface area (Å²) in [7, 11) is -1.99. The predicted molar refractivity (Wildman–Crippen MR) is 140 cm³/mol. The summed E-state index contributed by atoms with van der Waals surface area (Å²) >= 11 is 0. The first-order valence-corrected chi connectivity index (χ1v) is 14.3. The lowest BCUT2D eigenvalue weighted by Gasteiger charge is -2.20. The van der Waals surface area contributed by atoms with E-state index in [2.05, 4.69) is 29.3 Å². The number of nitrogens with zero attached hydrogens (tertiary/aromatic N) is 1. The molecule has 0 spiro atoms. The Kier molecular flexibility index (Phi) is 8.17. The van der Waals surface area contributed by atoms with E-state index in [1.54, 1.807) is 0 Å². The van der Waals surface area contributed by atoms with Crippen LogP contribution in [-0.2, 0) is 25.8 Å². The number of likely N-dealkylation sites (N-methyl/N-ethyl adjacent to an activating group) is 1. The predicted octanol–water partition coefficient (Wildman–Crippen LogP) is 4.17. The number of benzene rings is 1. The van der Waals surface area contributed by atoms with Gasteiger partial charge in [0.05, 0.1) is 18.1 Å². The summed E-state index contributed by atoms with van der Waals surface area (Å²) < 4.78 is 31.8. The van der Waals surface area contributed by atoms with Crippen LogP contribution < -0.4 is 5.32 Å². The lowest BCUT2D eigenvalue weighted by molar-refractivity contribution is -0.126.